The molecule has 0 amide bonds. The van der Waals surface area contributed by atoms with E-state index in [1.165, 1.54) is 17.4 Å². The van der Waals surface area contributed by atoms with E-state index in [1.807, 2.05) is 25.1 Å². The molecule has 0 fully saturated rings. The van der Waals surface area contributed by atoms with Gasteiger partial charge in [0.25, 0.3) is 0 Å². The molecule has 32 heavy (non-hydrogen) atoms. The molecular weight excluding hydrogens is 462 g/mol. The first-order chi connectivity index (χ1) is 15.1. The predicted molar refractivity (Wildman–Crippen MR) is 118 cm³/mol. The average molecular weight is 480 g/mol. The second-order valence-electron chi connectivity index (χ2n) is 7.09. The highest BCUT2D eigenvalue weighted by Crippen LogP contribution is 2.37. The number of halogens is 4. The van der Waals surface area contributed by atoms with Crippen molar-refractivity contribution in [2.45, 2.75) is 30.2 Å². The molecule has 0 spiro atoms. The first-order valence-electron chi connectivity index (χ1n) is 9.42. The summed E-state index contributed by atoms with van der Waals surface area (Å²) >= 11 is 2.87. The van der Waals surface area contributed by atoms with Gasteiger partial charge in [-0.25, -0.2) is 14.4 Å². The van der Waals surface area contributed by atoms with Crippen LogP contribution in [0.4, 0.5) is 17.6 Å². The number of para-hydroxylation sites is 1. The highest BCUT2D eigenvalue weighted by molar-refractivity contribution is 7.98. The molecule has 10 heteroatoms. The minimum Gasteiger partial charge on any atom is -0.512 e. The zero-order valence-corrected chi connectivity index (χ0v) is 18.4. The number of aliphatic hydroxyl groups is 1. The highest BCUT2D eigenvalue weighted by atomic mass is 32.2. The van der Waals surface area contributed by atoms with Gasteiger partial charge < -0.3 is 10.1 Å². The highest BCUT2D eigenvalue weighted by Gasteiger charge is 2.34. The predicted octanol–water partition coefficient (Wildman–Crippen LogP) is 7.06. The van der Waals surface area contributed by atoms with E-state index in [0.717, 1.165) is 38.6 Å². The molecule has 0 aliphatic rings. The molecule has 4 nitrogen and oxygen atoms in total. The smallest absolute Gasteiger partial charge is 0.419 e. The third-order valence-electron chi connectivity index (χ3n) is 4.67. The van der Waals surface area contributed by atoms with Crippen molar-refractivity contribution in [1.29, 1.82) is 0 Å². The lowest BCUT2D eigenvalue weighted by atomic mass is 10.1. The molecule has 0 bridgehead atoms. The normalized spacial score (nSPS) is 11.9. The number of aryl methyl sites for hydroxylation is 1. The van der Waals surface area contributed by atoms with Crippen molar-refractivity contribution in [3.05, 3.63) is 76.5 Å². The average Bonchev–Trinajstić information content (AvgIpc) is 3.27. The molecule has 0 saturated heterocycles. The fraction of sp³-hybridized carbons (Fsp3) is 0.182. The minimum atomic E-state index is -4.74. The van der Waals surface area contributed by atoms with Gasteiger partial charge in [-0.15, -0.1) is 23.1 Å². The van der Waals surface area contributed by atoms with E-state index in [9.17, 15) is 22.7 Å². The molecule has 0 atom stereocenters. The van der Waals surface area contributed by atoms with Crippen molar-refractivity contribution in [2.24, 2.45) is 0 Å². The van der Waals surface area contributed by atoms with Gasteiger partial charge in [-0.1, -0.05) is 18.7 Å². The number of allylic oxidation sites excluding steroid dienone is 1. The number of aliphatic hydroxyl groups excluding tert-OH is 1. The van der Waals surface area contributed by atoms with Crippen LogP contribution in [-0.2, 0) is 18.3 Å². The summed E-state index contributed by atoms with van der Waals surface area (Å²) in [4.78, 5) is 14.0. The van der Waals surface area contributed by atoms with Crippen molar-refractivity contribution in [3.63, 3.8) is 0 Å². The molecule has 0 aliphatic carbocycles. The van der Waals surface area contributed by atoms with Crippen molar-refractivity contribution in [3.8, 4) is 10.6 Å². The third kappa shape index (κ3) is 4.66. The largest absolute Gasteiger partial charge is 0.512 e. The van der Waals surface area contributed by atoms with Gasteiger partial charge in [0, 0.05) is 21.1 Å². The summed E-state index contributed by atoms with van der Waals surface area (Å²) in [7, 11) is 0. The first-order valence-corrected chi connectivity index (χ1v) is 11.2. The molecule has 0 unspecified atom stereocenters. The van der Waals surface area contributed by atoms with Crippen LogP contribution in [0.5, 0.6) is 0 Å². The quantitative estimate of drug-likeness (QED) is 0.177. The van der Waals surface area contributed by atoms with Crippen LogP contribution < -0.4 is 0 Å². The Kier molecular flexibility index (Phi) is 6.00. The van der Waals surface area contributed by atoms with Gasteiger partial charge in [-0.3, -0.25) is 0 Å². The molecular formula is C22H17F4N3OS2. The fourth-order valence-electron chi connectivity index (χ4n) is 3.16. The van der Waals surface area contributed by atoms with Crippen LogP contribution in [0.1, 0.15) is 22.0 Å². The number of benzene rings is 2. The summed E-state index contributed by atoms with van der Waals surface area (Å²) in [5, 5.41) is 9.87. The molecule has 0 radical (unpaired) electrons. The molecule has 4 rings (SSSR count). The summed E-state index contributed by atoms with van der Waals surface area (Å²) in [5.74, 6) is -0.113. The Hall–Kier alpha value is -2.85. The second-order valence-corrected chi connectivity index (χ2v) is 9.19. The maximum atomic E-state index is 14.0. The second kappa shape index (κ2) is 8.59. The van der Waals surface area contributed by atoms with Crippen molar-refractivity contribution < 1.29 is 22.7 Å². The fourth-order valence-corrected chi connectivity index (χ4v) is 5.39. The molecule has 2 aromatic heterocycles. The van der Waals surface area contributed by atoms with Gasteiger partial charge in [-0.2, -0.15) is 13.2 Å². The van der Waals surface area contributed by atoms with Crippen LogP contribution in [0, 0.1) is 12.7 Å². The molecule has 4 aromatic rings. The molecule has 2 aromatic carbocycles. The molecule has 2 N–H and O–H groups in total. The lowest BCUT2D eigenvalue weighted by Crippen LogP contribution is -2.07. The maximum Gasteiger partial charge on any atom is 0.419 e. The summed E-state index contributed by atoms with van der Waals surface area (Å²) in [6, 6.07) is 8.59. The van der Waals surface area contributed by atoms with Crippen LogP contribution in [0.3, 0.4) is 0 Å². The van der Waals surface area contributed by atoms with Gasteiger partial charge in [0.05, 0.1) is 29.0 Å². The first kappa shape index (κ1) is 22.3. The molecule has 0 saturated carbocycles. The van der Waals surface area contributed by atoms with Crippen molar-refractivity contribution in [1.82, 2.24) is 15.0 Å². The van der Waals surface area contributed by atoms with Crippen LogP contribution in [0.2, 0.25) is 0 Å². The maximum absolute atomic E-state index is 14.0. The number of thioether (sulfide) groups is 1. The summed E-state index contributed by atoms with van der Waals surface area (Å²) in [5.41, 5.74) is 1.38. The standard InChI is InChI=1S/C22H17F4N3OS2/c1-11(30)8-19-28-16-4-3-5-17(20(16)29-19)31-10-18-12(2)27-21(32-18)13-6-7-14(15(23)9-13)22(24,25)26/h3-7,9,30H,1,8,10H2,2H3,(H,28,29). The van der Waals surface area contributed by atoms with Crippen LogP contribution in [0.25, 0.3) is 21.6 Å². The number of hydrogen-bond acceptors (Lipinski definition) is 5. The summed E-state index contributed by atoms with van der Waals surface area (Å²) < 4.78 is 52.4. The van der Waals surface area contributed by atoms with E-state index >= 15 is 0 Å². The Balaban J connectivity index is 1.55. The van der Waals surface area contributed by atoms with Crippen LogP contribution in [0.15, 0.2) is 53.6 Å². The summed E-state index contributed by atoms with van der Waals surface area (Å²) in [6.07, 6.45) is -4.50. The number of imidazole rings is 1. The van der Waals surface area contributed by atoms with E-state index in [0.29, 0.717) is 22.1 Å². The molecule has 2 heterocycles. The number of hydrogen-bond donors (Lipinski definition) is 2. The van der Waals surface area contributed by atoms with E-state index in [2.05, 4.69) is 21.5 Å². The van der Waals surface area contributed by atoms with Gasteiger partial charge >= 0.3 is 6.18 Å². The van der Waals surface area contributed by atoms with Gasteiger partial charge in [-0.05, 0) is 31.2 Å². The number of H-pyrrole nitrogens is 1. The zero-order valence-electron chi connectivity index (χ0n) is 16.8. The SMILES string of the molecule is C=C(O)Cc1nc2c(SCc3sc(-c4ccc(C(F)(F)F)c(F)c4)nc3C)cccc2[nH]1. The van der Waals surface area contributed by atoms with Crippen molar-refractivity contribution >= 4 is 34.1 Å². The van der Waals surface area contributed by atoms with E-state index in [-0.39, 0.29) is 12.2 Å². The lowest BCUT2D eigenvalue weighted by Gasteiger charge is -2.08. The molecule has 0 aliphatic heterocycles. The number of thiazole rings is 1. The number of alkyl halides is 3. The Morgan fingerprint density at radius 3 is 2.69 bits per heavy atom. The lowest BCUT2D eigenvalue weighted by molar-refractivity contribution is -0.139. The minimum absolute atomic E-state index is 0.0192. The van der Waals surface area contributed by atoms with E-state index < -0.39 is 17.6 Å². The Morgan fingerprint density at radius 2 is 2.00 bits per heavy atom. The summed E-state index contributed by atoms with van der Waals surface area (Å²) in [6.45, 7) is 5.30. The Morgan fingerprint density at radius 1 is 1.22 bits per heavy atom. The third-order valence-corrected chi connectivity index (χ3v) is 7.13. The van der Waals surface area contributed by atoms with Crippen molar-refractivity contribution in [2.75, 3.05) is 0 Å². The van der Waals surface area contributed by atoms with Gasteiger partial charge in [0.2, 0.25) is 0 Å². The van der Waals surface area contributed by atoms with Crippen LogP contribution in [-0.4, -0.2) is 20.1 Å². The number of rotatable bonds is 6. The van der Waals surface area contributed by atoms with Gasteiger partial charge in [0.15, 0.2) is 0 Å². The van der Waals surface area contributed by atoms with Gasteiger partial charge in [0.1, 0.15) is 22.2 Å². The zero-order chi connectivity index (χ0) is 23.0. The monoisotopic (exact) mass is 479 g/mol. The molecule has 166 valence electrons. The Labute approximate surface area is 189 Å². The Bertz CT molecular complexity index is 1310. The van der Waals surface area contributed by atoms with E-state index in [1.54, 1.807) is 11.8 Å². The number of aromatic amines is 1. The topological polar surface area (TPSA) is 61.8 Å². The number of nitrogens with one attached hydrogen (secondary N) is 1. The number of fused-ring (bicyclic) bond motifs is 1. The van der Waals surface area contributed by atoms with E-state index in [4.69, 9.17) is 0 Å². The van der Waals surface area contributed by atoms with Crippen LogP contribution >= 0.6 is 23.1 Å². The number of aromatic nitrogens is 3. The number of nitrogens with zero attached hydrogens (tertiary/aromatic N) is 2.